The first-order valence-electron chi connectivity index (χ1n) is 11.7. The molecule has 3 amide bonds. The van der Waals surface area contributed by atoms with E-state index in [4.69, 9.17) is 20.9 Å². The normalized spacial score (nSPS) is 12.2. The van der Waals surface area contributed by atoms with Gasteiger partial charge in [-0.05, 0) is 31.5 Å². The largest absolute Gasteiger partial charge is 0.443 e. The van der Waals surface area contributed by atoms with Crippen LogP contribution in [0.3, 0.4) is 0 Å². The molecule has 0 aliphatic carbocycles. The molecule has 12 nitrogen and oxygen atoms in total. The first kappa shape index (κ1) is 27.6. The lowest BCUT2D eigenvalue weighted by atomic mass is 10.0. The number of carbonyl (C=O) groups excluding carboxylic acids is 3. The SMILES string of the molecule is CN(CC(N)=O)C(=O)OCc1cccc2nnc([C@@H](COCc3ccccc3)NC(=O)CC(C)(C)N)n12. The number of ether oxygens (including phenoxy) is 2. The predicted octanol–water partition coefficient (Wildman–Crippen LogP) is 1.28. The Bertz CT molecular complexity index is 1220. The molecule has 0 saturated heterocycles. The molecule has 5 N–H and O–H groups in total. The fraction of sp³-hybridized carbons (Fsp3) is 0.400. The highest BCUT2D eigenvalue weighted by Gasteiger charge is 2.25. The number of benzene rings is 1. The smallest absolute Gasteiger partial charge is 0.410 e. The van der Waals surface area contributed by atoms with Crippen molar-refractivity contribution in [3.8, 4) is 0 Å². The summed E-state index contributed by atoms with van der Waals surface area (Å²) in [5.41, 5.74) is 12.5. The molecule has 12 heteroatoms. The Kier molecular flexibility index (Phi) is 9.15. The van der Waals surface area contributed by atoms with E-state index in [9.17, 15) is 14.4 Å². The lowest BCUT2D eigenvalue weighted by molar-refractivity contribution is -0.123. The van der Waals surface area contributed by atoms with Crippen LogP contribution in [-0.2, 0) is 32.3 Å². The van der Waals surface area contributed by atoms with Crippen molar-refractivity contribution in [2.75, 3.05) is 20.2 Å². The quantitative estimate of drug-likeness (QED) is 0.327. The van der Waals surface area contributed by atoms with Gasteiger partial charge in [0.25, 0.3) is 0 Å². The molecule has 0 unspecified atom stereocenters. The number of hydrogen-bond donors (Lipinski definition) is 3. The molecule has 2 heterocycles. The Labute approximate surface area is 214 Å². The van der Waals surface area contributed by atoms with Gasteiger partial charge in [-0.15, -0.1) is 10.2 Å². The molecule has 1 aromatic carbocycles. The van der Waals surface area contributed by atoms with Crippen molar-refractivity contribution in [3.63, 3.8) is 0 Å². The van der Waals surface area contributed by atoms with E-state index in [2.05, 4.69) is 15.5 Å². The van der Waals surface area contributed by atoms with Gasteiger partial charge in [-0.25, -0.2) is 4.79 Å². The molecule has 3 aromatic rings. The van der Waals surface area contributed by atoms with Crippen LogP contribution in [0.25, 0.3) is 5.65 Å². The van der Waals surface area contributed by atoms with E-state index in [1.54, 1.807) is 36.4 Å². The molecule has 3 rings (SSSR count). The second-order valence-electron chi connectivity index (χ2n) is 9.43. The third-order valence-corrected chi connectivity index (χ3v) is 5.24. The van der Waals surface area contributed by atoms with Crippen molar-refractivity contribution in [2.45, 2.75) is 45.1 Å². The minimum Gasteiger partial charge on any atom is -0.443 e. The van der Waals surface area contributed by atoms with E-state index in [0.29, 0.717) is 23.8 Å². The zero-order valence-electron chi connectivity index (χ0n) is 21.2. The van der Waals surface area contributed by atoms with Crippen molar-refractivity contribution < 1.29 is 23.9 Å². The summed E-state index contributed by atoms with van der Waals surface area (Å²) >= 11 is 0. The van der Waals surface area contributed by atoms with Gasteiger partial charge in [0, 0.05) is 19.0 Å². The first-order chi connectivity index (χ1) is 17.5. The summed E-state index contributed by atoms with van der Waals surface area (Å²) in [7, 11) is 1.41. The van der Waals surface area contributed by atoms with Crippen LogP contribution in [0.1, 0.15) is 43.4 Å². The fourth-order valence-electron chi connectivity index (χ4n) is 3.62. The molecule has 0 bridgehead atoms. The number of nitrogens with one attached hydrogen (secondary N) is 1. The highest BCUT2D eigenvalue weighted by molar-refractivity contribution is 5.80. The second kappa shape index (κ2) is 12.3. The molecular formula is C25H33N7O5. The van der Waals surface area contributed by atoms with Crippen LogP contribution in [0, 0.1) is 0 Å². The van der Waals surface area contributed by atoms with Gasteiger partial charge in [-0.2, -0.15) is 0 Å². The fourth-order valence-corrected chi connectivity index (χ4v) is 3.62. The van der Waals surface area contributed by atoms with Crippen molar-refractivity contribution in [2.24, 2.45) is 11.5 Å². The average Bonchev–Trinajstić information content (AvgIpc) is 3.26. The highest BCUT2D eigenvalue weighted by atomic mass is 16.6. The van der Waals surface area contributed by atoms with Crippen molar-refractivity contribution in [3.05, 3.63) is 65.6 Å². The molecule has 2 aromatic heterocycles. The van der Waals surface area contributed by atoms with Crippen molar-refractivity contribution in [1.82, 2.24) is 24.8 Å². The van der Waals surface area contributed by atoms with Gasteiger partial charge in [0.15, 0.2) is 11.5 Å². The first-order valence-corrected chi connectivity index (χ1v) is 11.7. The Balaban J connectivity index is 1.84. The molecular weight excluding hydrogens is 478 g/mol. The van der Waals surface area contributed by atoms with E-state index in [1.807, 2.05) is 30.3 Å². The van der Waals surface area contributed by atoms with Gasteiger partial charge < -0.3 is 31.2 Å². The van der Waals surface area contributed by atoms with E-state index in [-0.39, 0.29) is 32.1 Å². The summed E-state index contributed by atoms with van der Waals surface area (Å²) in [5.74, 6) is -0.518. The van der Waals surface area contributed by atoms with Crippen LogP contribution in [0.2, 0.25) is 0 Å². The maximum absolute atomic E-state index is 12.8. The summed E-state index contributed by atoms with van der Waals surface area (Å²) in [6.07, 6.45) is -0.623. The molecule has 0 radical (unpaired) electrons. The number of hydrogen-bond acceptors (Lipinski definition) is 8. The Hall–Kier alpha value is -4.03. The molecule has 1 atom stereocenters. The summed E-state index contributed by atoms with van der Waals surface area (Å²) < 4.78 is 13.0. The zero-order valence-corrected chi connectivity index (χ0v) is 21.2. The Morgan fingerprint density at radius 1 is 1.08 bits per heavy atom. The minimum absolute atomic E-state index is 0.0928. The van der Waals surface area contributed by atoms with Gasteiger partial charge in [0.05, 0.1) is 18.9 Å². The molecule has 0 aliphatic heterocycles. The van der Waals surface area contributed by atoms with Crippen LogP contribution in [0.4, 0.5) is 4.79 Å². The van der Waals surface area contributed by atoms with E-state index >= 15 is 0 Å². The van der Waals surface area contributed by atoms with E-state index < -0.39 is 23.6 Å². The molecule has 37 heavy (non-hydrogen) atoms. The number of likely N-dealkylation sites (N-methyl/N-ethyl adjacent to an activating group) is 1. The number of fused-ring (bicyclic) bond motifs is 1. The lowest BCUT2D eigenvalue weighted by Crippen LogP contribution is -2.41. The predicted molar refractivity (Wildman–Crippen MR) is 135 cm³/mol. The molecule has 0 saturated carbocycles. The van der Waals surface area contributed by atoms with Crippen LogP contribution in [0.5, 0.6) is 0 Å². The Morgan fingerprint density at radius 3 is 2.49 bits per heavy atom. The van der Waals surface area contributed by atoms with Crippen molar-refractivity contribution >= 4 is 23.6 Å². The van der Waals surface area contributed by atoms with Crippen LogP contribution in [-0.4, -0.2) is 63.1 Å². The summed E-state index contributed by atoms with van der Waals surface area (Å²) in [4.78, 5) is 37.2. The number of pyridine rings is 1. The zero-order chi connectivity index (χ0) is 27.0. The molecule has 0 aliphatic rings. The third kappa shape index (κ3) is 8.26. The van der Waals surface area contributed by atoms with Gasteiger partial charge in [0.1, 0.15) is 19.2 Å². The number of carbonyl (C=O) groups is 3. The number of nitrogens with zero attached hydrogens (tertiary/aromatic N) is 4. The standard InChI is InChI=1S/C25H33N7O5/c1-25(2,27)12-22(34)28-19(16-36-14-17-8-5-4-6-9-17)23-30-29-21-11-7-10-18(32(21)23)15-37-24(35)31(3)13-20(26)33/h4-11,19H,12-16,27H2,1-3H3,(H2,26,33)(H,28,34)/t19-/m1/s1. The average molecular weight is 512 g/mol. The number of rotatable bonds is 12. The number of amides is 3. The monoisotopic (exact) mass is 511 g/mol. The summed E-state index contributed by atoms with van der Waals surface area (Å²) in [6.45, 7) is 3.57. The van der Waals surface area contributed by atoms with Crippen molar-refractivity contribution in [1.29, 1.82) is 0 Å². The minimum atomic E-state index is -0.716. The van der Waals surface area contributed by atoms with Gasteiger partial charge >= 0.3 is 6.09 Å². The molecule has 0 spiro atoms. The van der Waals surface area contributed by atoms with Crippen LogP contribution in [0.15, 0.2) is 48.5 Å². The summed E-state index contributed by atoms with van der Waals surface area (Å²) in [6, 6.07) is 14.2. The number of aromatic nitrogens is 3. The van der Waals surface area contributed by atoms with Crippen LogP contribution >= 0.6 is 0 Å². The lowest BCUT2D eigenvalue weighted by Gasteiger charge is -2.22. The summed E-state index contributed by atoms with van der Waals surface area (Å²) in [5, 5.41) is 11.5. The van der Waals surface area contributed by atoms with Gasteiger partial charge in [-0.3, -0.25) is 14.0 Å². The maximum Gasteiger partial charge on any atom is 0.410 e. The maximum atomic E-state index is 12.8. The van der Waals surface area contributed by atoms with Gasteiger partial charge in [-0.1, -0.05) is 36.4 Å². The van der Waals surface area contributed by atoms with Gasteiger partial charge in [0.2, 0.25) is 11.8 Å². The number of primary amides is 1. The van der Waals surface area contributed by atoms with E-state index in [0.717, 1.165) is 10.5 Å². The second-order valence-corrected chi connectivity index (χ2v) is 9.43. The van der Waals surface area contributed by atoms with Crippen LogP contribution < -0.4 is 16.8 Å². The highest BCUT2D eigenvalue weighted by Crippen LogP contribution is 2.19. The third-order valence-electron chi connectivity index (χ3n) is 5.24. The van der Waals surface area contributed by atoms with E-state index in [1.165, 1.54) is 7.05 Å². The number of nitrogens with two attached hydrogens (primary N) is 2. The topological polar surface area (TPSA) is 167 Å². The molecule has 0 fully saturated rings. The Morgan fingerprint density at radius 2 is 1.81 bits per heavy atom. The molecule has 198 valence electrons.